The number of pyridine rings is 2. The first kappa shape index (κ1) is 29.4. The van der Waals surface area contributed by atoms with Crippen LogP contribution >= 0.6 is 0 Å². The van der Waals surface area contributed by atoms with Crippen LogP contribution in [0.3, 0.4) is 0 Å². The van der Waals surface area contributed by atoms with Crippen molar-refractivity contribution in [2.24, 2.45) is 0 Å². The molecule has 0 saturated heterocycles. The molecule has 0 aliphatic rings. The average Bonchev–Trinajstić information content (AvgIpc) is 3.17. The number of benzene rings is 5. The molecule has 0 radical (unpaired) electrons. The highest BCUT2D eigenvalue weighted by molar-refractivity contribution is 6.10. The SMILES string of the molecule is CCc1ccc2cc(-c3cccc(-c4nc(-c5ccccc5)c(-c5ccccc5)nc4-c4ccccc4)c3)c3ccc(CC)nc3c2n1. The molecule has 0 N–H and O–H groups in total. The lowest BCUT2D eigenvalue weighted by molar-refractivity contribution is 1.05. The van der Waals surface area contributed by atoms with Crippen molar-refractivity contribution in [1.82, 2.24) is 19.9 Å². The lowest BCUT2D eigenvalue weighted by Gasteiger charge is -2.17. The molecule has 0 fully saturated rings. The van der Waals surface area contributed by atoms with Crippen LogP contribution in [0, 0.1) is 0 Å². The van der Waals surface area contributed by atoms with Crippen LogP contribution in [-0.2, 0) is 12.8 Å². The number of hydrogen-bond donors (Lipinski definition) is 0. The fraction of sp³-hybridized carbons (Fsp3) is 0.0909. The molecule has 0 saturated carbocycles. The number of aryl methyl sites for hydroxylation is 2. The summed E-state index contributed by atoms with van der Waals surface area (Å²) in [5.74, 6) is 0. The monoisotopic (exact) mass is 618 g/mol. The molecule has 0 aliphatic carbocycles. The molecule has 3 heterocycles. The van der Waals surface area contributed by atoms with Gasteiger partial charge in [0.15, 0.2) is 0 Å². The summed E-state index contributed by atoms with van der Waals surface area (Å²) < 4.78 is 0. The van der Waals surface area contributed by atoms with E-state index < -0.39 is 0 Å². The molecule has 8 rings (SSSR count). The van der Waals surface area contributed by atoms with Gasteiger partial charge in [0.05, 0.1) is 33.8 Å². The van der Waals surface area contributed by atoms with Gasteiger partial charge in [0, 0.05) is 44.4 Å². The van der Waals surface area contributed by atoms with Gasteiger partial charge in [-0.25, -0.2) is 9.97 Å². The minimum Gasteiger partial charge on any atom is -0.251 e. The van der Waals surface area contributed by atoms with Gasteiger partial charge in [-0.05, 0) is 48.2 Å². The molecule has 48 heavy (non-hydrogen) atoms. The Balaban J connectivity index is 1.38. The van der Waals surface area contributed by atoms with Crippen LogP contribution in [-0.4, -0.2) is 19.9 Å². The Morgan fingerprint density at radius 2 is 0.833 bits per heavy atom. The van der Waals surface area contributed by atoms with E-state index >= 15 is 0 Å². The van der Waals surface area contributed by atoms with Crippen molar-refractivity contribution in [3.8, 4) is 56.2 Å². The summed E-state index contributed by atoms with van der Waals surface area (Å²) in [5.41, 5.74) is 13.7. The first-order valence-electron chi connectivity index (χ1n) is 16.6. The molecule has 0 spiro atoms. The lowest BCUT2D eigenvalue weighted by atomic mass is 9.94. The Hall–Kier alpha value is -6.00. The highest BCUT2D eigenvalue weighted by Gasteiger charge is 2.20. The van der Waals surface area contributed by atoms with E-state index in [9.17, 15) is 0 Å². The molecule has 3 aromatic heterocycles. The van der Waals surface area contributed by atoms with E-state index in [4.69, 9.17) is 19.9 Å². The summed E-state index contributed by atoms with van der Waals surface area (Å²) in [6.07, 6.45) is 1.75. The molecular weight excluding hydrogens is 585 g/mol. The van der Waals surface area contributed by atoms with Crippen LogP contribution in [0.1, 0.15) is 25.2 Å². The topological polar surface area (TPSA) is 51.6 Å². The Labute approximate surface area is 280 Å². The summed E-state index contributed by atoms with van der Waals surface area (Å²) in [6, 6.07) is 50.7. The number of rotatable bonds is 7. The molecule has 0 amide bonds. The minimum atomic E-state index is 0.840. The van der Waals surface area contributed by atoms with E-state index in [2.05, 4.69) is 141 Å². The second-order valence-electron chi connectivity index (χ2n) is 12.0. The Morgan fingerprint density at radius 1 is 0.375 bits per heavy atom. The maximum absolute atomic E-state index is 5.47. The van der Waals surface area contributed by atoms with E-state index in [1.165, 1.54) is 0 Å². The maximum Gasteiger partial charge on any atom is 0.0974 e. The van der Waals surface area contributed by atoms with E-state index in [0.29, 0.717) is 0 Å². The number of aromatic nitrogens is 4. The molecule has 0 aliphatic heterocycles. The Kier molecular flexibility index (Phi) is 7.75. The zero-order chi connectivity index (χ0) is 32.5. The van der Waals surface area contributed by atoms with Crippen molar-refractivity contribution >= 4 is 21.8 Å². The lowest BCUT2D eigenvalue weighted by Crippen LogP contribution is -2.01. The highest BCUT2D eigenvalue weighted by atomic mass is 14.9. The van der Waals surface area contributed by atoms with Crippen molar-refractivity contribution < 1.29 is 0 Å². The Morgan fingerprint density at radius 3 is 1.38 bits per heavy atom. The zero-order valence-corrected chi connectivity index (χ0v) is 27.1. The van der Waals surface area contributed by atoms with Crippen LogP contribution in [0.5, 0.6) is 0 Å². The number of fused-ring (bicyclic) bond motifs is 3. The predicted octanol–water partition coefficient (Wildman–Crippen LogP) is 11.0. The minimum absolute atomic E-state index is 0.840. The van der Waals surface area contributed by atoms with Gasteiger partial charge in [-0.1, -0.05) is 135 Å². The molecule has 4 nitrogen and oxygen atoms in total. The molecule has 0 unspecified atom stereocenters. The van der Waals surface area contributed by atoms with Crippen LogP contribution in [0.4, 0.5) is 0 Å². The second kappa shape index (κ2) is 12.7. The quantitative estimate of drug-likeness (QED) is 0.167. The van der Waals surface area contributed by atoms with Gasteiger partial charge in [-0.3, -0.25) is 9.97 Å². The predicted molar refractivity (Wildman–Crippen MR) is 199 cm³/mol. The smallest absolute Gasteiger partial charge is 0.0974 e. The molecule has 0 bridgehead atoms. The maximum atomic E-state index is 5.47. The fourth-order valence-corrected chi connectivity index (χ4v) is 6.44. The highest BCUT2D eigenvalue weighted by Crippen LogP contribution is 2.40. The molecular formula is C44H34N4. The van der Waals surface area contributed by atoms with Crippen molar-refractivity contribution in [1.29, 1.82) is 0 Å². The van der Waals surface area contributed by atoms with Crippen LogP contribution < -0.4 is 0 Å². The van der Waals surface area contributed by atoms with E-state index in [1.807, 2.05) is 18.2 Å². The largest absolute Gasteiger partial charge is 0.251 e. The first-order valence-corrected chi connectivity index (χ1v) is 16.6. The molecule has 230 valence electrons. The van der Waals surface area contributed by atoms with Crippen LogP contribution in [0.15, 0.2) is 146 Å². The van der Waals surface area contributed by atoms with Crippen molar-refractivity contribution in [3.05, 3.63) is 157 Å². The average molecular weight is 619 g/mol. The number of hydrogen-bond acceptors (Lipinski definition) is 4. The van der Waals surface area contributed by atoms with Gasteiger partial charge in [0.1, 0.15) is 0 Å². The van der Waals surface area contributed by atoms with E-state index in [0.717, 1.165) is 102 Å². The van der Waals surface area contributed by atoms with Gasteiger partial charge in [0.25, 0.3) is 0 Å². The van der Waals surface area contributed by atoms with E-state index in [-0.39, 0.29) is 0 Å². The third-order valence-corrected chi connectivity index (χ3v) is 8.96. The van der Waals surface area contributed by atoms with Gasteiger partial charge in [-0.2, -0.15) is 0 Å². The summed E-state index contributed by atoms with van der Waals surface area (Å²) in [5, 5.41) is 2.18. The Bertz CT molecular complexity index is 2400. The molecule has 4 heteroatoms. The van der Waals surface area contributed by atoms with E-state index in [1.54, 1.807) is 0 Å². The van der Waals surface area contributed by atoms with Gasteiger partial charge < -0.3 is 0 Å². The zero-order valence-electron chi connectivity index (χ0n) is 27.1. The van der Waals surface area contributed by atoms with Crippen molar-refractivity contribution in [2.75, 3.05) is 0 Å². The summed E-state index contributed by atoms with van der Waals surface area (Å²) >= 11 is 0. The second-order valence-corrected chi connectivity index (χ2v) is 12.0. The van der Waals surface area contributed by atoms with Crippen LogP contribution in [0.2, 0.25) is 0 Å². The van der Waals surface area contributed by atoms with Gasteiger partial charge in [-0.15, -0.1) is 0 Å². The number of nitrogens with zero attached hydrogens (tertiary/aromatic N) is 4. The molecule has 8 aromatic rings. The summed E-state index contributed by atoms with van der Waals surface area (Å²) in [7, 11) is 0. The van der Waals surface area contributed by atoms with Gasteiger partial charge in [0.2, 0.25) is 0 Å². The summed E-state index contributed by atoms with van der Waals surface area (Å²) in [4.78, 5) is 21.0. The van der Waals surface area contributed by atoms with Gasteiger partial charge >= 0.3 is 0 Å². The summed E-state index contributed by atoms with van der Waals surface area (Å²) in [6.45, 7) is 4.29. The third kappa shape index (κ3) is 5.41. The third-order valence-electron chi connectivity index (χ3n) is 8.96. The molecule has 0 atom stereocenters. The molecule has 5 aromatic carbocycles. The fourth-order valence-electron chi connectivity index (χ4n) is 6.44. The standard InChI is InChI=1S/C44H34N4/c1-3-35-24-23-34-28-38(37-26-25-36(4-2)46-44(37)43(34)45-35)32-21-14-22-33(27-32)42-41(31-19-12-7-13-20-31)47-39(29-15-8-5-9-16-29)40(48-42)30-17-10-6-11-18-30/h5-28H,3-4H2,1-2H3. The first-order chi connectivity index (χ1) is 23.7. The van der Waals surface area contributed by atoms with Crippen molar-refractivity contribution in [3.63, 3.8) is 0 Å². The van der Waals surface area contributed by atoms with Crippen molar-refractivity contribution in [2.45, 2.75) is 26.7 Å². The normalized spacial score (nSPS) is 11.3. The van der Waals surface area contributed by atoms with Crippen LogP contribution in [0.25, 0.3) is 78.0 Å².